The number of hydrogen-bond acceptors (Lipinski definition) is 2. The lowest BCUT2D eigenvalue weighted by Gasteiger charge is -2.17. The van der Waals surface area contributed by atoms with Gasteiger partial charge in [0.2, 0.25) is 0 Å². The molecule has 2 amide bonds. The minimum atomic E-state index is -0.0388. The molecule has 1 aromatic carbocycles. The van der Waals surface area contributed by atoms with Gasteiger partial charge in [0.1, 0.15) is 0 Å². The van der Waals surface area contributed by atoms with Crippen molar-refractivity contribution in [2.24, 2.45) is 5.73 Å². The van der Waals surface area contributed by atoms with E-state index in [1.165, 1.54) is 0 Å². The molecule has 92 valence electrons. The topological polar surface area (TPSA) is 58.4 Å². The molecule has 0 aromatic heterocycles. The molecule has 2 atom stereocenters. The molecule has 1 fully saturated rings. The summed E-state index contributed by atoms with van der Waals surface area (Å²) < 4.78 is 1.02. The van der Waals surface area contributed by atoms with Crippen LogP contribution in [0.3, 0.4) is 0 Å². The molecule has 0 bridgehead atoms. The molecule has 0 spiro atoms. The quantitative estimate of drug-likeness (QED) is 0.895. The van der Waals surface area contributed by atoms with E-state index in [0.29, 0.717) is 13.1 Å². The van der Waals surface area contributed by atoms with Crippen molar-refractivity contribution in [3.63, 3.8) is 0 Å². The predicted octanol–water partition coefficient (Wildman–Crippen LogP) is 1.86. The highest BCUT2D eigenvalue weighted by Crippen LogP contribution is 2.26. The van der Waals surface area contributed by atoms with Crippen LogP contribution in [0.4, 0.5) is 4.79 Å². The number of benzene rings is 1. The Morgan fingerprint density at radius 2 is 2.29 bits per heavy atom. The third-order valence-corrected chi connectivity index (χ3v) is 3.50. The van der Waals surface area contributed by atoms with E-state index in [-0.39, 0.29) is 18.1 Å². The lowest BCUT2D eigenvalue weighted by Crippen LogP contribution is -2.37. The maximum absolute atomic E-state index is 11.7. The molecule has 17 heavy (non-hydrogen) atoms. The number of carbonyl (C=O) groups is 1. The van der Waals surface area contributed by atoms with Gasteiger partial charge in [-0.2, -0.15) is 0 Å². The summed E-state index contributed by atoms with van der Waals surface area (Å²) >= 11 is 3.50. The lowest BCUT2D eigenvalue weighted by atomic mass is 10.1. The van der Waals surface area contributed by atoms with E-state index in [4.69, 9.17) is 5.73 Å². The second-order valence-electron chi connectivity index (χ2n) is 4.41. The molecule has 2 unspecified atom stereocenters. The van der Waals surface area contributed by atoms with Crippen LogP contribution in [0.2, 0.25) is 0 Å². The molecule has 2 rings (SSSR count). The largest absolute Gasteiger partial charge is 0.329 e. The number of urea groups is 1. The molecule has 4 nitrogen and oxygen atoms in total. The summed E-state index contributed by atoms with van der Waals surface area (Å²) in [6.07, 6.45) is 0. The Morgan fingerprint density at radius 1 is 1.59 bits per heavy atom. The molecule has 1 aromatic rings. The lowest BCUT2D eigenvalue weighted by molar-refractivity contribution is 0.215. The first-order chi connectivity index (χ1) is 8.08. The van der Waals surface area contributed by atoms with E-state index in [0.717, 1.165) is 10.0 Å². The van der Waals surface area contributed by atoms with Crippen LogP contribution in [0.1, 0.15) is 18.5 Å². The Kier molecular flexibility index (Phi) is 3.69. The van der Waals surface area contributed by atoms with E-state index in [1.54, 1.807) is 4.90 Å². The van der Waals surface area contributed by atoms with Crippen molar-refractivity contribution in [2.45, 2.75) is 19.0 Å². The summed E-state index contributed by atoms with van der Waals surface area (Å²) in [5.41, 5.74) is 6.82. The van der Waals surface area contributed by atoms with Crippen molar-refractivity contribution in [1.29, 1.82) is 0 Å². The van der Waals surface area contributed by atoms with E-state index in [2.05, 4.69) is 21.2 Å². The summed E-state index contributed by atoms with van der Waals surface area (Å²) in [6, 6.07) is 7.93. The number of hydrogen-bond donors (Lipinski definition) is 2. The highest BCUT2D eigenvalue weighted by atomic mass is 79.9. The van der Waals surface area contributed by atoms with Crippen molar-refractivity contribution in [1.82, 2.24) is 10.2 Å². The molecule has 1 aliphatic heterocycles. The fourth-order valence-electron chi connectivity index (χ4n) is 2.03. The number of nitrogens with two attached hydrogens (primary N) is 1. The van der Waals surface area contributed by atoms with Crippen LogP contribution in [0.5, 0.6) is 0 Å². The van der Waals surface area contributed by atoms with Crippen molar-refractivity contribution in [3.05, 3.63) is 34.3 Å². The van der Waals surface area contributed by atoms with Crippen LogP contribution in [0.25, 0.3) is 0 Å². The molecular formula is C12H16BrN3O. The van der Waals surface area contributed by atoms with Gasteiger partial charge in [-0.25, -0.2) is 4.79 Å². The van der Waals surface area contributed by atoms with E-state index < -0.39 is 0 Å². The number of carbonyl (C=O) groups excluding carboxylic acids is 1. The zero-order valence-corrected chi connectivity index (χ0v) is 11.3. The van der Waals surface area contributed by atoms with Crippen LogP contribution >= 0.6 is 15.9 Å². The first-order valence-corrected chi connectivity index (χ1v) is 6.42. The van der Waals surface area contributed by atoms with Gasteiger partial charge in [0.05, 0.1) is 6.04 Å². The van der Waals surface area contributed by atoms with Crippen molar-refractivity contribution in [3.8, 4) is 0 Å². The molecule has 0 radical (unpaired) electrons. The van der Waals surface area contributed by atoms with Gasteiger partial charge in [0.15, 0.2) is 0 Å². The Morgan fingerprint density at radius 3 is 2.94 bits per heavy atom. The van der Waals surface area contributed by atoms with E-state index in [9.17, 15) is 4.79 Å². The van der Waals surface area contributed by atoms with E-state index >= 15 is 0 Å². The summed E-state index contributed by atoms with van der Waals surface area (Å²) in [6.45, 7) is 3.16. The number of nitrogens with one attached hydrogen (secondary N) is 1. The molecule has 3 N–H and O–H groups in total. The molecule has 0 saturated carbocycles. The summed E-state index contributed by atoms with van der Waals surface area (Å²) in [7, 11) is 0. The zero-order valence-electron chi connectivity index (χ0n) is 9.69. The SMILES string of the molecule is CC(N)CN1CC(c2ccccc2Br)NC1=O. The van der Waals surface area contributed by atoms with Crippen LogP contribution < -0.4 is 11.1 Å². The van der Waals surface area contributed by atoms with Crippen molar-refractivity contribution < 1.29 is 4.79 Å². The van der Waals surface area contributed by atoms with Gasteiger partial charge in [-0.15, -0.1) is 0 Å². The van der Waals surface area contributed by atoms with Gasteiger partial charge in [0, 0.05) is 23.6 Å². The van der Waals surface area contributed by atoms with Crippen molar-refractivity contribution >= 4 is 22.0 Å². The number of halogens is 1. The van der Waals surface area contributed by atoms with Gasteiger partial charge in [-0.3, -0.25) is 0 Å². The molecule has 1 saturated heterocycles. The van der Waals surface area contributed by atoms with Crippen LogP contribution in [-0.4, -0.2) is 30.1 Å². The smallest absolute Gasteiger partial charge is 0.318 e. The Bertz CT molecular complexity index is 422. The average molecular weight is 298 g/mol. The number of rotatable bonds is 3. The molecule has 5 heteroatoms. The summed E-state index contributed by atoms with van der Waals surface area (Å²) in [4.78, 5) is 13.5. The normalized spacial score (nSPS) is 21.5. The minimum absolute atomic E-state index is 0.00119. The third kappa shape index (κ3) is 2.79. The maximum atomic E-state index is 11.7. The van der Waals surface area contributed by atoms with Gasteiger partial charge in [-0.1, -0.05) is 34.1 Å². The molecular weight excluding hydrogens is 282 g/mol. The number of amides is 2. The molecule has 1 aliphatic rings. The highest BCUT2D eigenvalue weighted by Gasteiger charge is 2.30. The van der Waals surface area contributed by atoms with Crippen molar-refractivity contribution in [2.75, 3.05) is 13.1 Å². The maximum Gasteiger partial charge on any atom is 0.318 e. The monoisotopic (exact) mass is 297 g/mol. The standard InChI is InChI=1S/C12H16BrN3O/c1-8(14)6-16-7-11(15-12(16)17)9-4-2-3-5-10(9)13/h2-5,8,11H,6-7,14H2,1H3,(H,15,17). The Balaban J connectivity index is 2.11. The first-order valence-electron chi connectivity index (χ1n) is 5.63. The Hall–Kier alpha value is -1.07. The van der Waals surface area contributed by atoms with Gasteiger partial charge < -0.3 is 16.0 Å². The second-order valence-corrected chi connectivity index (χ2v) is 5.26. The van der Waals surface area contributed by atoms with Gasteiger partial charge in [0.25, 0.3) is 0 Å². The first kappa shape index (κ1) is 12.4. The zero-order chi connectivity index (χ0) is 12.4. The Labute approximate surface area is 109 Å². The van der Waals surface area contributed by atoms with Gasteiger partial charge >= 0.3 is 6.03 Å². The van der Waals surface area contributed by atoms with Crippen LogP contribution in [-0.2, 0) is 0 Å². The third-order valence-electron chi connectivity index (χ3n) is 2.78. The second kappa shape index (κ2) is 5.06. The molecule has 1 heterocycles. The number of nitrogens with zero attached hydrogens (tertiary/aromatic N) is 1. The summed E-state index contributed by atoms with van der Waals surface area (Å²) in [5, 5.41) is 2.97. The van der Waals surface area contributed by atoms with Gasteiger partial charge in [-0.05, 0) is 18.6 Å². The summed E-state index contributed by atoms with van der Waals surface area (Å²) in [5.74, 6) is 0. The van der Waals surface area contributed by atoms with E-state index in [1.807, 2.05) is 31.2 Å². The minimum Gasteiger partial charge on any atom is -0.329 e. The fraction of sp³-hybridized carbons (Fsp3) is 0.417. The predicted molar refractivity (Wildman–Crippen MR) is 70.6 cm³/mol. The van der Waals surface area contributed by atoms with Crippen LogP contribution in [0.15, 0.2) is 28.7 Å². The highest BCUT2D eigenvalue weighted by molar-refractivity contribution is 9.10. The fourth-order valence-corrected chi connectivity index (χ4v) is 2.59. The average Bonchev–Trinajstić information content (AvgIpc) is 2.60. The molecule has 0 aliphatic carbocycles. The van der Waals surface area contributed by atoms with Crippen LogP contribution in [0, 0.1) is 0 Å².